The first kappa shape index (κ1) is 18.1. The lowest BCUT2D eigenvalue weighted by atomic mass is 9.77. The number of hydrogen-bond donors (Lipinski definition) is 2. The molecule has 0 aromatic carbocycles. The molecule has 0 aromatic heterocycles. The number of carbonyl (C=O) groups excluding carboxylic acids is 3. The molecule has 0 saturated carbocycles. The van der Waals surface area contributed by atoms with E-state index in [1.54, 1.807) is 0 Å². The van der Waals surface area contributed by atoms with Gasteiger partial charge in [0.2, 0.25) is 12.2 Å². The molecule has 0 spiro atoms. The van der Waals surface area contributed by atoms with E-state index in [4.69, 9.17) is 16.2 Å². The molecular weight excluding hydrogens is 264 g/mol. The first-order valence-electron chi connectivity index (χ1n) is 6.02. The zero-order valence-corrected chi connectivity index (χ0v) is 11.9. The molecule has 0 heterocycles. The third-order valence-corrected chi connectivity index (χ3v) is 2.67. The minimum atomic E-state index is -1.60. The molecule has 20 heavy (non-hydrogen) atoms. The SMILES string of the molecule is CC(C)(CCN)C[C@](C)(N)C(=O)OC(N=C=O)N=C=O. The van der Waals surface area contributed by atoms with Gasteiger partial charge in [0, 0.05) is 0 Å². The Kier molecular flexibility index (Phi) is 6.96. The summed E-state index contributed by atoms with van der Waals surface area (Å²) in [5.74, 6) is -0.828. The fourth-order valence-corrected chi connectivity index (χ4v) is 1.95. The molecule has 0 fully saturated rings. The van der Waals surface area contributed by atoms with Crippen LogP contribution >= 0.6 is 0 Å². The summed E-state index contributed by atoms with van der Waals surface area (Å²) in [5, 5.41) is 0. The highest BCUT2D eigenvalue weighted by molar-refractivity contribution is 5.80. The van der Waals surface area contributed by atoms with E-state index in [9.17, 15) is 14.4 Å². The van der Waals surface area contributed by atoms with Gasteiger partial charge in [-0.2, -0.15) is 0 Å². The van der Waals surface area contributed by atoms with Crippen molar-refractivity contribution in [3.63, 3.8) is 0 Å². The largest absolute Gasteiger partial charge is 0.416 e. The average Bonchev–Trinajstić information content (AvgIpc) is 2.27. The lowest BCUT2D eigenvalue weighted by molar-refractivity contribution is -0.155. The number of hydrogen-bond acceptors (Lipinski definition) is 8. The van der Waals surface area contributed by atoms with Crippen LogP contribution in [-0.4, -0.2) is 36.6 Å². The molecule has 0 unspecified atom stereocenters. The number of carbonyl (C=O) groups is 1. The number of ether oxygens (including phenoxy) is 1. The molecule has 4 N–H and O–H groups in total. The van der Waals surface area contributed by atoms with Crippen molar-refractivity contribution in [2.75, 3.05) is 6.54 Å². The highest BCUT2D eigenvalue weighted by atomic mass is 16.6. The number of esters is 1. The first-order chi connectivity index (χ1) is 9.18. The second-order valence-corrected chi connectivity index (χ2v) is 5.47. The monoisotopic (exact) mass is 284 g/mol. The molecule has 0 aliphatic carbocycles. The van der Waals surface area contributed by atoms with Crippen LogP contribution in [0.1, 0.15) is 33.6 Å². The molecule has 0 bridgehead atoms. The topological polar surface area (TPSA) is 137 Å². The van der Waals surface area contributed by atoms with Crippen LogP contribution in [0, 0.1) is 5.41 Å². The summed E-state index contributed by atoms with van der Waals surface area (Å²) in [4.78, 5) is 38.3. The summed E-state index contributed by atoms with van der Waals surface area (Å²) in [7, 11) is 0. The predicted molar refractivity (Wildman–Crippen MR) is 70.8 cm³/mol. The van der Waals surface area contributed by atoms with E-state index in [2.05, 4.69) is 9.98 Å². The van der Waals surface area contributed by atoms with Crippen LogP contribution in [0.2, 0.25) is 0 Å². The van der Waals surface area contributed by atoms with Crippen molar-refractivity contribution in [3.8, 4) is 0 Å². The van der Waals surface area contributed by atoms with Crippen molar-refractivity contribution in [2.24, 2.45) is 26.9 Å². The Bertz CT molecular complexity index is 417. The van der Waals surface area contributed by atoms with Gasteiger partial charge in [0.1, 0.15) is 5.54 Å². The third-order valence-electron chi connectivity index (χ3n) is 2.67. The van der Waals surface area contributed by atoms with Gasteiger partial charge >= 0.3 is 12.3 Å². The van der Waals surface area contributed by atoms with E-state index < -0.39 is 17.9 Å². The molecule has 1 atom stereocenters. The van der Waals surface area contributed by atoms with E-state index in [0.717, 1.165) is 12.2 Å². The molecule has 0 radical (unpaired) electrons. The number of isocyanates is 2. The van der Waals surface area contributed by atoms with Crippen LogP contribution in [0.3, 0.4) is 0 Å². The Balaban J connectivity index is 4.88. The third kappa shape index (κ3) is 6.36. The van der Waals surface area contributed by atoms with Crippen molar-refractivity contribution in [3.05, 3.63) is 0 Å². The molecule has 0 aliphatic heterocycles. The summed E-state index contributed by atoms with van der Waals surface area (Å²) in [6.07, 6.45) is 1.67. The molecule has 0 rings (SSSR count). The molecule has 0 saturated heterocycles. The van der Waals surface area contributed by atoms with Gasteiger partial charge in [0.25, 0.3) is 0 Å². The number of rotatable bonds is 8. The van der Waals surface area contributed by atoms with E-state index in [1.165, 1.54) is 6.92 Å². The number of nitrogens with two attached hydrogens (primary N) is 2. The maximum Gasteiger partial charge on any atom is 0.329 e. The van der Waals surface area contributed by atoms with Gasteiger partial charge in [-0.3, -0.25) is 0 Å². The number of nitrogens with zero attached hydrogens (tertiary/aromatic N) is 2. The van der Waals surface area contributed by atoms with E-state index in [-0.39, 0.29) is 5.41 Å². The fraction of sp³-hybridized carbons (Fsp3) is 0.750. The van der Waals surface area contributed by atoms with Crippen molar-refractivity contribution in [1.82, 2.24) is 0 Å². The van der Waals surface area contributed by atoms with Crippen molar-refractivity contribution < 1.29 is 19.1 Å². The predicted octanol–water partition coefficient (Wildman–Crippen LogP) is -0.0327. The second kappa shape index (κ2) is 7.67. The second-order valence-electron chi connectivity index (χ2n) is 5.47. The van der Waals surface area contributed by atoms with Gasteiger partial charge in [0.15, 0.2) is 0 Å². The van der Waals surface area contributed by atoms with Crippen molar-refractivity contribution in [2.45, 2.75) is 45.5 Å². The summed E-state index contributed by atoms with van der Waals surface area (Å²) < 4.78 is 4.77. The molecule has 0 amide bonds. The fourth-order valence-electron chi connectivity index (χ4n) is 1.95. The highest BCUT2D eigenvalue weighted by Crippen LogP contribution is 2.30. The van der Waals surface area contributed by atoms with Gasteiger partial charge in [-0.25, -0.2) is 14.4 Å². The van der Waals surface area contributed by atoms with Crippen LogP contribution in [0.25, 0.3) is 0 Å². The molecular formula is C12H20N4O4. The van der Waals surface area contributed by atoms with E-state index >= 15 is 0 Å². The maximum absolute atomic E-state index is 11.9. The molecule has 0 aromatic rings. The lowest BCUT2D eigenvalue weighted by Crippen LogP contribution is -2.50. The Hall–Kier alpha value is -1.85. The van der Waals surface area contributed by atoms with Gasteiger partial charge < -0.3 is 16.2 Å². The van der Waals surface area contributed by atoms with Crippen LogP contribution in [0.4, 0.5) is 0 Å². The molecule has 8 nitrogen and oxygen atoms in total. The van der Waals surface area contributed by atoms with Gasteiger partial charge in [-0.15, -0.1) is 9.98 Å². The number of aliphatic imine (C=N–C) groups is 2. The van der Waals surface area contributed by atoms with Gasteiger partial charge in [0.05, 0.1) is 0 Å². The summed E-state index contributed by atoms with van der Waals surface area (Å²) >= 11 is 0. The standard InChI is InChI=1S/C12H20N4O4/c1-11(2,4-5-13)6-12(3,14)9(19)20-10(15-7-17)16-8-18/h10H,4-6,13-14H2,1-3H3/t12-/m0/s1. The van der Waals surface area contributed by atoms with Crippen LogP contribution in [0.15, 0.2) is 9.98 Å². The minimum Gasteiger partial charge on any atom is -0.416 e. The quantitative estimate of drug-likeness (QED) is 0.364. The summed E-state index contributed by atoms with van der Waals surface area (Å²) in [6.45, 7) is 5.79. The average molecular weight is 284 g/mol. The van der Waals surface area contributed by atoms with Gasteiger partial charge in [-0.1, -0.05) is 13.8 Å². The van der Waals surface area contributed by atoms with Crippen molar-refractivity contribution in [1.29, 1.82) is 0 Å². The Morgan fingerprint density at radius 2 is 1.75 bits per heavy atom. The smallest absolute Gasteiger partial charge is 0.329 e. The maximum atomic E-state index is 11.9. The van der Waals surface area contributed by atoms with E-state index in [0.29, 0.717) is 19.4 Å². The van der Waals surface area contributed by atoms with Crippen LogP contribution < -0.4 is 11.5 Å². The van der Waals surface area contributed by atoms with Crippen LogP contribution in [0.5, 0.6) is 0 Å². The molecule has 0 aliphatic rings. The summed E-state index contributed by atoms with van der Waals surface area (Å²) in [6, 6.07) is 0. The van der Waals surface area contributed by atoms with Crippen LogP contribution in [-0.2, 0) is 19.1 Å². The van der Waals surface area contributed by atoms with Gasteiger partial charge in [-0.05, 0) is 31.7 Å². The minimum absolute atomic E-state index is 0.269. The van der Waals surface area contributed by atoms with Crippen molar-refractivity contribution >= 4 is 18.1 Å². The Morgan fingerprint density at radius 3 is 2.15 bits per heavy atom. The first-order valence-corrected chi connectivity index (χ1v) is 6.02. The summed E-state index contributed by atoms with van der Waals surface area (Å²) in [5.41, 5.74) is 9.82. The Labute approximate surface area is 117 Å². The molecule has 8 heteroatoms. The highest BCUT2D eigenvalue weighted by Gasteiger charge is 2.37. The molecule has 112 valence electrons. The normalized spacial score (nSPS) is 15.2. The van der Waals surface area contributed by atoms with E-state index in [1.807, 2.05) is 13.8 Å². The zero-order chi connectivity index (χ0) is 15.8. The lowest BCUT2D eigenvalue weighted by Gasteiger charge is -2.33. The Morgan fingerprint density at radius 1 is 1.25 bits per heavy atom. The zero-order valence-electron chi connectivity index (χ0n) is 11.9.